The maximum Gasteiger partial charge on any atom is 0.345 e. The molecular formula is C13H14BrNO2S. The van der Waals surface area contributed by atoms with Gasteiger partial charge in [0.25, 0.3) is 0 Å². The first kappa shape index (κ1) is 12.2. The number of fused-ring (bicyclic) bond motifs is 1. The van der Waals surface area contributed by atoms with Gasteiger partial charge in [0.15, 0.2) is 0 Å². The topological polar surface area (TPSA) is 53.1 Å². The number of hydrogen-bond acceptors (Lipinski definition) is 2. The molecule has 3 nitrogen and oxygen atoms in total. The summed E-state index contributed by atoms with van der Waals surface area (Å²) in [5.74, 6) is -0.266. The lowest BCUT2D eigenvalue weighted by atomic mass is 9.85. The first-order valence-electron chi connectivity index (χ1n) is 6.21. The Hall–Kier alpha value is -0.810. The molecule has 2 N–H and O–H groups in total. The van der Waals surface area contributed by atoms with E-state index in [-0.39, 0.29) is 0 Å². The minimum Gasteiger partial charge on any atom is -0.477 e. The van der Waals surface area contributed by atoms with E-state index in [4.69, 9.17) is 5.11 Å². The average molecular weight is 328 g/mol. The van der Waals surface area contributed by atoms with E-state index in [9.17, 15) is 4.79 Å². The Morgan fingerprint density at radius 2 is 2.11 bits per heavy atom. The predicted octanol–water partition coefficient (Wildman–Crippen LogP) is 4.74. The molecule has 1 saturated carbocycles. The molecule has 2 heterocycles. The number of carboxylic acid groups (broad SMARTS) is 1. The van der Waals surface area contributed by atoms with Crippen molar-refractivity contribution < 1.29 is 9.90 Å². The van der Waals surface area contributed by atoms with Crippen molar-refractivity contribution in [1.82, 2.24) is 4.98 Å². The Bertz CT molecular complexity index is 595. The summed E-state index contributed by atoms with van der Waals surface area (Å²) >= 11 is 4.98. The number of aromatic amines is 1. The number of thiophene rings is 1. The number of hydrogen-bond donors (Lipinski definition) is 2. The molecule has 0 amide bonds. The third-order valence-electron chi connectivity index (χ3n) is 3.68. The molecule has 5 heteroatoms. The van der Waals surface area contributed by atoms with E-state index < -0.39 is 5.97 Å². The van der Waals surface area contributed by atoms with Gasteiger partial charge in [0.2, 0.25) is 0 Å². The van der Waals surface area contributed by atoms with Crippen LogP contribution in [0.2, 0.25) is 0 Å². The highest BCUT2D eigenvalue weighted by molar-refractivity contribution is 9.10. The summed E-state index contributed by atoms with van der Waals surface area (Å²) in [6.07, 6.45) is 6.31. The van der Waals surface area contributed by atoms with Crippen LogP contribution in [0.4, 0.5) is 0 Å². The van der Waals surface area contributed by atoms with Crippen molar-refractivity contribution in [1.29, 1.82) is 0 Å². The van der Waals surface area contributed by atoms with Crippen LogP contribution in [0.1, 0.15) is 53.3 Å². The maximum atomic E-state index is 11.0. The van der Waals surface area contributed by atoms with Gasteiger partial charge < -0.3 is 10.1 Å². The standard InChI is InChI=1S/C13H14BrNO2S/c14-12-10(7-4-2-1-3-5-7)11-8(15-12)6-9(18-11)13(16)17/h6-7,15H,1-5H2,(H,16,17). The fraction of sp³-hybridized carbons (Fsp3) is 0.462. The van der Waals surface area contributed by atoms with Crippen LogP contribution < -0.4 is 0 Å². The van der Waals surface area contributed by atoms with E-state index >= 15 is 0 Å². The lowest BCUT2D eigenvalue weighted by Crippen LogP contribution is -2.04. The van der Waals surface area contributed by atoms with Crippen molar-refractivity contribution >= 4 is 43.5 Å². The maximum absolute atomic E-state index is 11.0. The van der Waals surface area contributed by atoms with Crippen LogP contribution in [-0.4, -0.2) is 16.1 Å². The number of aromatic carboxylic acids is 1. The zero-order valence-corrected chi connectivity index (χ0v) is 12.2. The third kappa shape index (κ3) is 1.99. The molecular weight excluding hydrogens is 314 g/mol. The van der Waals surface area contributed by atoms with Crippen molar-refractivity contribution in [2.24, 2.45) is 0 Å². The zero-order valence-electron chi connectivity index (χ0n) is 9.83. The predicted molar refractivity (Wildman–Crippen MR) is 76.7 cm³/mol. The smallest absolute Gasteiger partial charge is 0.345 e. The Kier molecular flexibility index (Phi) is 3.20. The second-order valence-corrected chi connectivity index (χ2v) is 6.69. The number of carbonyl (C=O) groups is 1. The first-order chi connectivity index (χ1) is 8.66. The second-order valence-electron chi connectivity index (χ2n) is 4.85. The van der Waals surface area contributed by atoms with Gasteiger partial charge in [-0.2, -0.15) is 0 Å². The normalized spacial score (nSPS) is 17.4. The van der Waals surface area contributed by atoms with Gasteiger partial charge in [0, 0.05) is 5.56 Å². The highest BCUT2D eigenvalue weighted by Crippen LogP contribution is 2.43. The minimum absolute atomic E-state index is 0.417. The Balaban J connectivity index is 2.08. The van der Waals surface area contributed by atoms with Crippen molar-refractivity contribution in [2.75, 3.05) is 0 Å². The molecule has 0 aromatic carbocycles. The summed E-state index contributed by atoms with van der Waals surface area (Å²) in [4.78, 5) is 14.7. The number of aromatic nitrogens is 1. The van der Waals surface area contributed by atoms with Crippen molar-refractivity contribution in [2.45, 2.75) is 38.0 Å². The minimum atomic E-state index is -0.838. The second kappa shape index (κ2) is 4.70. The molecule has 1 aliphatic rings. The Morgan fingerprint density at radius 1 is 1.39 bits per heavy atom. The van der Waals surface area contributed by atoms with Crippen LogP contribution in [0.25, 0.3) is 10.2 Å². The van der Waals surface area contributed by atoms with E-state index in [2.05, 4.69) is 20.9 Å². The van der Waals surface area contributed by atoms with Crippen molar-refractivity contribution in [3.05, 3.63) is 21.1 Å². The number of carboxylic acids is 1. The molecule has 18 heavy (non-hydrogen) atoms. The van der Waals surface area contributed by atoms with E-state index in [1.807, 2.05) is 0 Å². The number of rotatable bonds is 2. The average Bonchev–Trinajstić information content (AvgIpc) is 2.86. The van der Waals surface area contributed by atoms with Gasteiger partial charge in [-0.05, 0) is 40.8 Å². The monoisotopic (exact) mass is 327 g/mol. The summed E-state index contributed by atoms with van der Waals surface area (Å²) < 4.78 is 2.15. The lowest BCUT2D eigenvalue weighted by Gasteiger charge is -2.21. The molecule has 0 spiro atoms. The van der Waals surface area contributed by atoms with Crippen LogP contribution in [0, 0.1) is 0 Å². The highest BCUT2D eigenvalue weighted by atomic mass is 79.9. The van der Waals surface area contributed by atoms with Gasteiger partial charge in [-0.3, -0.25) is 0 Å². The molecule has 0 atom stereocenters. The van der Waals surface area contributed by atoms with E-state index in [1.54, 1.807) is 6.07 Å². The molecule has 0 bridgehead atoms. The Morgan fingerprint density at radius 3 is 2.78 bits per heavy atom. The molecule has 3 rings (SSSR count). The van der Waals surface area contributed by atoms with Crippen LogP contribution in [-0.2, 0) is 0 Å². The van der Waals surface area contributed by atoms with E-state index in [0.29, 0.717) is 10.8 Å². The van der Waals surface area contributed by atoms with Crippen LogP contribution in [0.5, 0.6) is 0 Å². The molecule has 2 aromatic rings. The van der Waals surface area contributed by atoms with Crippen LogP contribution in [0.15, 0.2) is 10.7 Å². The summed E-state index contributed by atoms with van der Waals surface area (Å²) in [6, 6.07) is 1.74. The fourth-order valence-corrected chi connectivity index (χ4v) is 4.78. The zero-order chi connectivity index (χ0) is 12.7. The van der Waals surface area contributed by atoms with E-state index in [1.165, 1.54) is 49.0 Å². The Labute approximate surface area is 117 Å². The highest BCUT2D eigenvalue weighted by Gasteiger charge is 2.24. The largest absolute Gasteiger partial charge is 0.477 e. The number of H-pyrrole nitrogens is 1. The number of nitrogens with one attached hydrogen (secondary N) is 1. The first-order valence-corrected chi connectivity index (χ1v) is 7.82. The molecule has 0 unspecified atom stereocenters. The molecule has 1 fully saturated rings. The summed E-state index contributed by atoms with van der Waals surface area (Å²) in [7, 11) is 0. The molecule has 2 aromatic heterocycles. The van der Waals surface area contributed by atoms with Crippen LogP contribution >= 0.6 is 27.3 Å². The summed E-state index contributed by atoms with van der Waals surface area (Å²) in [5, 5.41) is 9.06. The van der Waals surface area contributed by atoms with Crippen molar-refractivity contribution in [3.63, 3.8) is 0 Å². The third-order valence-corrected chi connectivity index (χ3v) is 5.46. The molecule has 0 radical (unpaired) electrons. The van der Waals surface area contributed by atoms with Gasteiger partial charge >= 0.3 is 5.97 Å². The van der Waals surface area contributed by atoms with Gasteiger partial charge in [0.1, 0.15) is 4.88 Å². The van der Waals surface area contributed by atoms with Crippen LogP contribution in [0.3, 0.4) is 0 Å². The molecule has 96 valence electrons. The summed E-state index contributed by atoms with van der Waals surface area (Å²) in [6.45, 7) is 0. The van der Waals surface area contributed by atoms with Gasteiger partial charge in [0.05, 0.1) is 14.8 Å². The van der Waals surface area contributed by atoms with Crippen molar-refractivity contribution in [3.8, 4) is 0 Å². The van der Waals surface area contributed by atoms with Gasteiger partial charge in [-0.1, -0.05) is 19.3 Å². The molecule has 1 aliphatic carbocycles. The van der Waals surface area contributed by atoms with Gasteiger partial charge in [-0.15, -0.1) is 11.3 Å². The SMILES string of the molecule is O=C(O)c1cc2[nH]c(Br)c(C3CCCCC3)c2s1. The lowest BCUT2D eigenvalue weighted by molar-refractivity contribution is 0.0702. The number of halogens is 1. The van der Waals surface area contributed by atoms with Gasteiger partial charge in [-0.25, -0.2) is 4.79 Å². The molecule has 0 aliphatic heterocycles. The fourth-order valence-electron chi connectivity index (χ4n) is 2.83. The molecule has 0 saturated heterocycles. The summed E-state index contributed by atoms with van der Waals surface area (Å²) in [5.41, 5.74) is 2.24. The van der Waals surface area contributed by atoms with E-state index in [0.717, 1.165) is 14.8 Å². The quantitative estimate of drug-likeness (QED) is 0.837.